The van der Waals surface area contributed by atoms with Gasteiger partial charge in [-0.25, -0.2) is 0 Å². The SMILES string of the molecule is CC(C)[C@H]1CSC(=NCc2ccoc2)N1. The van der Waals surface area contributed by atoms with Gasteiger partial charge in [-0.3, -0.25) is 4.99 Å². The minimum absolute atomic E-state index is 0.568. The topological polar surface area (TPSA) is 37.5 Å². The molecule has 3 nitrogen and oxygen atoms in total. The molecule has 0 aromatic carbocycles. The molecule has 15 heavy (non-hydrogen) atoms. The van der Waals surface area contributed by atoms with Gasteiger partial charge in [0.2, 0.25) is 0 Å². The molecule has 0 bridgehead atoms. The van der Waals surface area contributed by atoms with Crippen molar-refractivity contribution in [3.63, 3.8) is 0 Å². The summed E-state index contributed by atoms with van der Waals surface area (Å²) in [6.07, 6.45) is 3.42. The van der Waals surface area contributed by atoms with Gasteiger partial charge in [-0.1, -0.05) is 25.6 Å². The van der Waals surface area contributed by atoms with Crippen LogP contribution >= 0.6 is 11.8 Å². The lowest BCUT2D eigenvalue weighted by molar-refractivity contribution is 0.503. The molecule has 1 aliphatic rings. The van der Waals surface area contributed by atoms with E-state index in [2.05, 4.69) is 24.2 Å². The minimum Gasteiger partial charge on any atom is -0.472 e. The first-order valence-electron chi connectivity index (χ1n) is 5.20. The zero-order valence-corrected chi connectivity index (χ0v) is 9.88. The lowest BCUT2D eigenvalue weighted by Crippen LogP contribution is -2.31. The summed E-state index contributed by atoms with van der Waals surface area (Å²) >= 11 is 1.81. The molecular weight excluding hydrogens is 208 g/mol. The van der Waals surface area contributed by atoms with Gasteiger partial charge >= 0.3 is 0 Å². The zero-order chi connectivity index (χ0) is 10.7. The molecule has 1 aliphatic heterocycles. The Morgan fingerprint density at radius 2 is 2.53 bits per heavy atom. The summed E-state index contributed by atoms with van der Waals surface area (Å²) in [5.41, 5.74) is 1.12. The molecule has 2 heterocycles. The average Bonchev–Trinajstić information content (AvgIpc) is 2.86. The number of hydrogen-bond donors (Lipinski definition) is 1. The maximum absolute atomic E-state index is 4.99. The fourth-order valence-electron chi connectivity index (χ4n) is 1.41. The second kappa shape index (κ2) is 4.75. The van der Waals surface area contributed by atoms with Crippen LogP contribution in [0.4, 0.5) is 0 Å². The van der Waals surface area contributed by atoms with Gasteiger partial charge in [0.25, 0.3) is 0 Å². The normalized spacial score (nSPS) is 23.7. The maximum atomic E-state index is 4.99. The highest BCUT2D eigenvalue weighted by molar-refractivity contribution is 8.14. The minimum atomic E-state index is 0.568. The Hall–Kier alpha value is -0.900. The van der Waals surface area contributed by atoms with Crippen LogP contribution in [0, 0.1) is 5.92 Å². The molecule has 0 spiro atoms. The first-order valence-corrected chi connectivity index (χ1v) is 6.19. The maximum Gasteiger partial charge on any atom is 0.157 e. The molecule has 0 radical (unpaired) electrons. The number of nitrogens with zero attached hydrogens (tertiary/aromatic N) is 1. The van der Waals surface area contributed by atoms with Gasteiger partial charge in [-0.15, -0.1) is 0 Å². The average molecular weight is 224 g/mol. The van der Waals surface area contributed by atoms with E-state index >= 15 is 0 Å². The van der Waals surface area contributed by atoms with Crippen LogP contribution in [0.2, 0.25) is 0 Å². The summed E-state index contributed by atoms with van der Waals surface area (Å²) in [4.78, 5) is 4.51. The van der Waals surface area contributed by atoms with Gasteiger partial charge in [-0.2, -0.15) is 0 Å². The van der Waals surface area contributed by atoms with Crippen molar-refractivity contribution in [3.05, 3.63) is 24.2 Å². The fraction of sp³-hybridized carbons (Fsp3) is 0.545. The second-order valence-corrected chi connectivity index (χ2v) is 5.07. The van der Waals surface area contributed by atoms with Crippen LogP contribution in [0.25, 0.3) is 0 Å². The highest BCUT2D eigenvalue weighted by atomic mass is 32.2. The molecule has 82 valence electrons. The third kappa shape index (κ3) is 2.78. The number of nitrogens with one attached hydrogen (secondary N) is 1. The molecule has 1 N–H and O–H groups in total. The van der Waals surface area contributed by atoms with Gasteiger partial charge in [0, 0.05) is 17.4 Å². The highest BCUT2D eigenvalue weighted by Crippen LogP contribution is 2.19. The molecule has 0 aliphatic carbocycles. The number of amidine groups is 1. The predicted molar refractivity (Wildman–Crippen MR) is 64.1 cm³/mol. The van der Waals surface area contributed by atoms with Crippen molar-refractivity contribution in [1.29, 1.82) is 0 Å². The Morgan fingerprint density at radius 3 is 3.13 bits per heavy atom. The lowest BCUT2D eigenvalue weighted by atomic mass is 10.1. The summed E-state index contributed by atoms with van der Waals surface area (Å²) in [6, 6.07) is 2.52. The van der Waals surface area contributed by atoms with Crippen LogP contribution in [-0.4, -0.2) is 17.0 Å². The van der Waals surface area contributed by atoms with Crippen molar-refractivity contribution >= 4 is 16.9 Å². The second-order valence-electron chi connectivity index (χ2n) is 4.06. The fourth-order valence-corrected chi connectivity index (χ4v) is 2.60. The van der Waals surface area contributed by atoms with Crippen molar-refractivity contribution in [2.45, 2.75) is 26.4 Å². The van der Waals surface area contributed by atoms with Crippen LogP contribution in [0.1, 0.15) is 19.4 Å². The molecule has 1 fully saturated rings. The van der Waals surface area contributed by atoms with E-state index in [1.807, 2.05) is 17.8 Å². The summed E-state index contributed by atoms with van der Waals surface area (Å²) in [5.74, 6) is 1.79. The van der Waals surface area contributed by atoms with Crippen molar-refractivity contribution in [2.75, 3.05) is 5.75 Å². The van der Waals surface area contributed by atoms with Crippen LogP contribution in [0.3, 0.4) is 0 Å². The third-order valence-corrected chi connectivity index (χ3v) is 3.54. The summed E-state index contributed by atoms with van der Waals surface area (Å²) < 4.78 is 4.99. The smallest absolute Gasteiger partial charge is 0.157 e. The van der Waals surface area contributed by atoms with Crippen LogP contribution in [0.5, 0.6) is 0 Å². The molecule has 1 saturated heterocycles. The molecular formula is C11H16N2OS. The van der Waals surface area contributed by atoms with Gasteiger partial charge in [-0.05, 0) is 12.0 Å². The van der Waals surface area contributed by atoms with E-state index in [1.165, 1.54) is 0 Å². The number of hydrogen-bond acceptors (Lipinski definition) is 3. The standard InChI is InChI=1S/C11H16N2OS/c1-8(2)10-7-15-11(13-10)12-5-9-3-4-14-6-9/h3-4,6,8,10H,5,7H2,1-2H3,(H,12,13)/t10-/m1/s1. The molecule has 2 rings (SSSR count). The number of thioether (sulfide) groups is 1. The van der Waals surface area contributed by atoms with Gasteiger partial charge < -0.3 is 9.73 Å². The van der Waals surface area contributed by atoms with Crippen molar-refractivity contribution in [2.24, 2.45) is 10.9 Å². The Labute approximate surface area is 94.3 Å². The van der Waals surface area contributed by atoms with E-state index in [1.54, 1.807) is 12.5 Å². The predicted octanol–water partition coefficient (Wildman–Crippen LogP) is 2.50. The first kappa shape index (κ1) is 10.6. The van der Waals surface area contributed by atoms with E-state index in [9.17, 15) is 0 Å². The quantitative estimate of drug-likeness (QED) is 0.857. The summed E-state index contributed by atoms with van der Waals surface area (Å²) in [5, 5.41) is 4.50. The van der Waals surface area contributed by atoms with E-state index in [0.717, 1.165) is 16.5 Å². The van der Waals surface area contributed by atoms with Crippen molar-refractivity contribution < 1.29 is 4.42 Å². The lowest BCUT2D eigenvalue weighted by Gasteiger charge is -2.12. The molecule has 0 saturated carbocycles. The van der Waals surface area contributed by atoms with Gasteiger partial charge in [0.05, 0.1) is 19.1 Å². The Morgan fingerprint density at radius 1 is 1.67 bits per heavy atom. The molecule has 1 atom stereocenters. The van der Waals surface area contributed by atoms with Crippen LogP contribution in [-0.2, 0) is 6.54 Å². The zero-order valence-electron chi connectivity index (χ0n) is 9.06. The Balaban J connectivity index is 1.88. The monoisotopic (exact) mass is 224 g/mol. The molecule has 1 aromatic heterocycles. The molecule has 1 aromatic rings. The van der Waals surface area contributed by atoms with Gasteiger partial charge in [0.1, 0.15) is 0 Å². The van der Waals surface area contributed by atoms with E-state index in [0.29, 0.717) is 18.5 Å². The summed E-state index contributed by atoms with van der Waals surface area (Å²) in [7, 11) is 0. The van der Waals surface area contributed by atoms with E-state index in [-0.39, 0.29) is 0 Å². The van der Waals surface area contributed by atoms with Crippen molar-refractivity contribution in [1.82, 2.24) is 5.32 Å². The van der Waals surface area contributed by atoms with Crippen LogP contribution in [0.15, 0.2) is 28.0 Å². The Kier molecular flexibility index (Phi) is 3.36. The number of rotatable bonds is 3. The van der Waals surface area contributed by atoms with Gasteiger partial charge in [0.15, 0.2) is 5.17 Å². The van der Waals surface area contributed by atoms with E-state index < -0.39 is 0 Å². The third-order valence-electron chi connectivity index (χ3n) is 2.50. The van der Waals surface area contributed by atoms with E-state index in [4.69, 9.17) is 4.42 Å². The van der Waals surface area contributed by atoms with Crippen molar-refractivity contribution in [3.8, 4) is 0 Å². The Bertz CT molecular complexity index is 332. The molecule has 0 unspecified atom stereocenters. The van der Waals surface area contributed by atoms with Crippen LogP contribution < -0.4 is 5.32 Å². The first-order chi connectivity index (χ1) is 7.25. The molecule has 4 heteroatoms. The number of aliphatic imine (C=N–C) groups is 1. The molecule has 0 amide bonds. The number of furan rings is 1. The highest BCUT2D eigenvalue weighted by Gasteiger charge is 2.22. The largest absolute Gasteiger partial charge is 0.472 e. The summed E-state index contributed by atoms with van der Waals surface area (Å²) in [6.45, 7) is 5.17.